The van der Waals surface area contributed by atoms with Gasteiger partial charge in [0.2, 0.25) is 0 Å². The molecule has 4 rings (SSSR count). The number of hydrogen-bond donors (Lipinski definition) is 0. The number of piperidine rings is 1. The van der Waals surface area contributed by atoms with Gasteiger partial charge in [-0.3, -0.25) is 14.6 Å². The number of aromatic nitrogens is 3. The highest BCUT2D eigenvalue weighted by Gasteiger charge is 2.30. The van der Waals surface area contributed by atoms with Crippen LogP contribution in [-0.2, 0) is 13.5 Å². The van der Waals surface area contributed by atoms with E-state index in [1.165, 1.54) is 16.8 Å². The summed E-state index contributed by atoms with van der Waals surface area (Å²) in [4.78, 5) is 31.2. The van der Waals surface area contributed by atoms with Crippen molar-refractivity contribution in [3.63, 3.8) is 0 Å². The van der Waals surface area contributed by atoms with Gasteiger partial charge in [-0.05, 0) is 48.6 Å². The van der Waals surface area contributed by atoms with Gasteiger partial charge in [0.15, 0.2) is 0 Å². The van der Waals surface area contributed by atoms with Gasteiger partial charge < -0.3 is 4.90 Å². The quantitative estimate of drug-likeness (QED) is 0.641. The smallest absolute Gasteiger partial charge is 0.274 e. The Morgan fingerprint density at radius 1 is 1.13 bits per heavy atom. The molecule has 3 heterocycles. The monoisotopic (exact) mass is 422 g/mol. The third kappa shape index (κ3) is 4.28. The van der Waals surface area contributed by atoms with E-state index in [0.29, 0.717) is 13.0 Å². The molecular weight excluding hydrogens is 400 g/mol. The molecule has 1 fully saturated rings. The molecular formula is C23H23ClN4O2. The molecule has 0 N–H and O–H groups in total. The van der Waals surface area contributed by atoms with Crippen LogP contribution < -0.4 is 5.56 Å². The molecule has 2 aromatic heterocycles. The van der Waals surface area contributed by atoms with E-state index in [1.807, 2.05) is 47.5 Å². The second-order valence-electron chi connectivity index (χ2n) is 7.54. The topological polar surface area (TPSA) is 68.1 Å². The van der Waals surface area contributed by atoms with Crippen LogP contribution in [0.2, 0.25) is 5.02 Å². The van der Waals surface area contributed by atoms with Crippen molar-refractivity contribution >= 4 is 17.5 Å². The molecule has 3 aromatic rings. The van der Waals surface area contributed by atoms with Crippen LogP contribution in [0.3, 0.4) is 0 Å². The number of carbonyl (C=O) groups is 1. The fourth-order valence-corrected chi connectivity index (χ4v) is 4.06. The SMILES string of the molecule is Cn1nc(C(=O)N2CCCC[C@@H]2c2ccc(Cc3ccccc3Cl)nc2)ccc1=O. The lowest BCUT2D eigenvalue weighted by Crippen LogP contribution is -2.39. The summed E-state index contributed by atoms with van der Waals surface area (Å²) in [5.41, 5.74) is 3.03. The maximum Gasteiger partial charge on any atom is 0.274 e. The molecule has 30 heavy (non-hydrogen) atoms. The summed E-state index contributed by atoms with van der Waals surface area (Å²) >= 11 is 6.26. The van der Waals surface area contributed by atoms with E-state index in [4.69, 9.17) is 11.6 Å². The van der Waals surface area contributed by atoms with E-state index in [2.05, 4.69) is 10.1 Å². The van der Waals surface area contributed by atoms with Gasteiger partial charge in [-0.1, -0.05) is 35.9 Å². The lowest BCUT2D eigenvalue weighted by molar-refractivity contribution is 0.0602. The summed E-state index contributed by atoms with van der Waals surface area (Å²) in [6.07, 6.45) is 5.40. The number of amides is 1. The van der Waals surface area contributed by atoms with Crippen molar-refractivity contribution in [3.8, 4) is 0 Å². The van der Waals surface area contributed by atoms with E-state index in [0.717, 1.165) is 41.1 Å². The van der Waals surface area contributed by atoms with Crippen LogP contribution in [0.4, 0.5) is 0 Å². The largest absolute Gasteiger partial charge is 0.330 e. The molecule has 1 amide bonds. The summed E-state index contributed by atoms with van der Waals surface area (Å²) in [7, 11) is 1.55. The number of halogens is 1. The number of benzene rings is 1. The second kappa shape index (κ2) is 8.79. The molecule has 1 aromatic carbocycles. The molecule has 0 unspecified atom stereocenters. The number of likely N-dealkylation sites (tertiary alicyclic amines) is 1. The van der Waals surface area contributed by atoms with Gasteiger partial charge in [0.25, 0.3) is 11.5 Å². The van der Waals surface area contributed by atoms with Crippen LogP contribution in [0, 0.1) is 0 Å². The molecule has 0 bridgehead atoms. The Bertz CT molecular complexity index is 1110. The van der Waals surface area contributed by atoms with Gasteiger partial charge in [0.05, 0.1) is 6.04 Å². The highest BCUT2D eigenvalue weighted by atomic mass is 35.5. The number of aryl methyl sites for hydroxylation is 1. The molecule has 0 radical (unpaired) electrons. The van der Waals surface area contributed by atoms with Crippen molar-refractivity contribution in [3.05, 3.63) is 92.6 Å². The van der Waals surface area contributed by atoms with Gasteiger partial charge >= 0.3 is 0 Å². The minimum absolute atomic E-state index is 0.0489. The summed E-state index contributed by atoms with van der Waals surface area (Å²) in [6.45, 7) is 0.662. The van der Waals surface area contributed by atoms with Gasteiger partial charge in [-0.25, -0.2) is 4.68 Å². The maximum atomic E-state index is 13.1. The summed E-state index contributed by atoms with van der Waals surface area (Å²) < 4.78 is 1.19. The van der Waals surface area contributed by atoms with Crippen LogP contribution in [0.5, 0.6) is 0 Å². The third-order valence-corrected chi connectivity index (χ3v) is 5.87. The predicted octanol–water partition coefficient (Wildman–Crippen LogP) is 3.79. The Labute approximate surface area is 180 Å². The molecule has 7 heteroatoms. The van der Waals surface area contributed by atoms with Gasteiger partial charge in [0.1, 0.15) is 5.69 Å². The first-order valence-electron chi connectivity index (χ1n) is 10.1. The molecule has 1 saturated heterocycles. The van der Waals surface area contributed by atoms with E-state index >= 15 is 0 Å². The first-order valence-corrected chi connectivity index (χ1v) is 10.4. The van der Waals surface area contributed by atoms with Crippen molar-refractivity contribution < 1.29 is 4.79 Å². The lowest BCUT2D eigenvalue weighted by atomic mass is 9.95. The van der Waals surface area contributed by atoms with Crippen LogP contribution in [-0.4, -0.2) is 32.1 Å². The van der Waals surface area contributed by atoms with Gasteiger partial charge in [-0.2, -0.15) is 5.10 Å². The van der Waals surface area contributed by atoms with Crippen molar-refractivity contribution in [1.82, 2.24) is 19.7 Å². The van der Waals surface area contributed by atoms with Crippen LogP contribution in [0.25, 0.3) is 0 Å². The number of nitrogens with zero attached hydrogens (tertiary/aromatic N) is 4. The van der Waals surface area contributed by atoms with Gasteiger partial charge in [-0.15, -0.1) is 0 Å². The fraction of sp³-hybridized carbons (Fsp3) is 0.304. The Balaban J connectivity index is 1.55. The third-order valence-electron chi connectivity index (χ3n) is 5.51. The molecule has 0 spiro atoms. The minimum atomic E-state index is -0.236. The van der Waals surface area contributed by atoms with Crippen molar-refractivity contribution in [2.24, 2.45) is 7.05 Å². The lowest BCUT2D eigenvalue weighted by Gasteiger charge is -2.35. The van der Waals surface area contributed by atoms with Crippen LogP contribution in [0.15, 0.2) is 59.5 Å². The first kappa shape index (κ1) is 20.3. The average molecular weight is 423 g/mol. The zero-order valence-electron chi connectivity index (χ0n) is 16.8. The minimum Gasteiger partial charge on any atom is -0.330 e. The second-order valence-corrected chi connectivity index (χ2v) is 7.95. The van der Waals surface area contributed by atoms with E-state index in [1.54, 1.807) is 7.05 Å². The molecule has 1 aliphatic rings. The Kier molecular flexibility index (Phi) is 5.95. The zero-order chi connectivity index (χ0) is 21.1. The summed E-state index contributed by atoms with van der Waals surface area (Å²) in [5, 5.41) is 4.86. The molecule has 1 aliphatic heterocycles. The number of hydrogen-bond acceptors (Lipinski definition) is 4. The predicted molar refractivity (Wildman–Crippen MR) is 116 cm³/mol. The van der Waals surface area contributed by atoms with E-state index < -0.39 is 0 Å². The standard InChI is InChI=1S/C23H23ClN4O2/c1-27-22(29)12-11-20(26-27)23(30)28-13-5-4-8-21(28)17-9-10-18(25-15-17)14-16-6-2-3-7-19(16)24/h2-3,6-7,9-12,15,21H,4-5,8,13-14H2,1H3/t21-/m1/s1. The number of carbonyl (C=O) groups excluding carboxylic acids is 1. The first-order chi connectivity index (χ1) is 14.5. The van der Waals surface area contributed by atoms with Crippen LogP contribution in [0.1, 0.15) is 52.6 Å². The molecule has 154 valence electrons. The van der Waals surface area contributed by atoms with E-state index in [-0.39, 0.29) is 23.2 Å². The molecule has 0 saturated carbocycles. The Morgan fingerprint density at radius 2 is 1.97 bits per heavy atom. The molecule has 1 atom stereocenters. The fourth-order valence-electron chi connectivity index (χ4n) is 3.86. The number of rotatable bonds is 4. The average Bonchev–Trinajstić information content (AvgIpc) is 2.77. The Hall–Kier alpha value is -2.99. The Morgan fingerprint density at radius 3 is 2.70 bits per heavy atom. The van der Waals surface area contributed by atoms with Crippen molar-refractivity contribution in [1.29, 1.82) is 0 Å². The van der Waals surface area contributed by atoms with Crippen LogP contribution >= 0.6 is 11.6 Å². The van der Waals surface area contributed by atoms with Crippen molar-refractivity contribution in [2.45, 2.75) is 31.7 Å². The zero-order valence-corrected chi connectivity index (χ0v) is 17.5. The van der Waals surface area contributed by atoms with E-state index in [9.17, 15) is 9.59 Å². The molecule has 0 aliphatic carbocycles. The highest BCUT2D eigenvalue weighted by Crippen LogP contribution is 2.31. The van der Waals surface area contributed by atoms with Crippen molar-refractivity contribution in [2.75, 3.05) is 6.54 Å². The molecule has 6 nitrogen and oxygen atoms in total. The summed E-state index contributed by atoms with van der Waals surface area (Å²) in [6, 6.07) is 14.6. The number of pyridine rings is 1. The van der Waals surface area contributed by atoms with Gasteiger partial charge in [0, 0.05) is 43.0 Å². The normalized spacial score (nSPS) is 16.5. The summed E-state index contributed by atoms with van der Waals surface area (Å²) in [5.74, 6) is -0.157. The maximum absolute atomic E-state index is 13.1. The highest BCUT2D eigenvalue weighted by molar-refractivity contribution is 6.31.